The summed E-state index contributed by atoms with van der Waals surface area (Å²) in [5, 5.41) is 3.41. The van der Waals surface area contributed by atoms with Crippen LogP contribution in [-0.2, 0) is 22.6 Å². The lowest BCUT2D eigenvalue weighted by atomic mass is 9.97. The number of aromatic nitrogens is 6. The van der Waals surface area contributed by atoms with Crippen LogP contribution in [0.25, 0.3) is 56.1 Å². The summed E-state index contributed by atoms with van der Waals surface area (Å²) >= 11 is 0. The van der Waals surface area contributed by atoms with Gasteiger partial charge in [-0.15, -0.1) is 0 Å². The van der Waals surface area contributed by atoms with E-state index in [1.807, 2.05) is 122 Å². The second-order valence-electron chi connectivity index (χ2n) is 20.7. The van der Waals surface area contributed by atoms with Crippen molar-refractivity contribution in [2.75, 3.05) is 87.2 Å². The molecule has 10 rings (SSSR count). The molecule has 8 aromatic rings. The highest BCUT2D eigenvalue weighted by Crippen LogP contribution is 2.27. The maximum Gasteiger partial charge on any atom is 0.251 e. The number of nitrogens with zero attached hydrogens (tertiary/aromatic N) is 9. The van der Waals surface area contributed by atoms with Crippen molar-refractivity contribution >= 4 is 11.3 Å². The summed E-state index contributed by atoms with van der Waals surface area (Å²) in [7, 11) is 8.61. The molecule has 0 amide bonds. The van der Waals surface area contributed by atoms with Crippen molar-refractivity contribution in [2.24, 2.45) is 11.8 Å². The van der Waals surface area contributed by atoms with Crippen LogP contribution in [0.4, 0.5) is 0 Å². The smallest absolute Gasteiger partial charge is 0.251 e. The number of likely N-dealkylation sites (tertiary alicyclic amines) is 1. The number of ether oxygens (including phenoxy) is 2. The number of aryl methyl sites for hydroxylation is 2. The van der Waals surface area contributed by atoms with Gasteiger partial charge in [-0.3, -0.25) is 18.4 Å². The first kappa shape index (κ1) is 55.7. The van der Waals surface area contributed by atoms with Crippen LogP contribution in [0.5, 0.6) is 0 Å². The van der Waals surface area contributed by atoms with E-state index in [4.69, 9.17) is 9.47 Å². The highest BCUT2D eigenvalue weighted by molar-refractivity contribution is 5.72. The van der Waals surface area contributed by atoms with E-state index < -0.39 is 0 Å². The molecule has 0 saturated carbocycles. The first-order valence-corrected chi connectivity index (χ1v) is 27.5. The van der Waals surface area contributed by atoms with Crippen molar-refractivity contribution < 1.29 is 9.47 Å². The van der Waals surface area contributed by atoms with Crippen LogP contribution in [0.2, 0.25) is 0 Å². The third kappa shape index (κ3) is 15.6. The molecule has 14 nitrogen and oxygen atoms in total. The van der Waals surface area contributed by atoms with E-state index in [-0.39, 0.29) is 17.4 Å². The van der Waals surface area contributed by atoms with Gasteiger partial charge in [0.1, 0.15) is 11.3 Å². The molecule has 76 heavy (non-hydrogen) atoms. The third-order valence-corrected chi connectivity index (χ3v) is 14.3. The first-order chi connectivity index (χ1) is 37.0. The number of nitrogens with one attached hydrogen (secondary N) is 1. The lowest BCUT2D eigenvalue weighted by Crippen LogP contribution is -2.40. The van der Waals surface area contributed by atoms with Crippen molar-refractivity contribution in [1.29, 1.82) is 0 Å². The summed E-state index contributed by atoms with van der Waals surface area (Å²) in [6, 6.07) is 36.0. The number of imidazole rings is 2. The van der Waals surface area contributed by atoms with Crippen molar-refractivity contribution in [2.45, 2.75) is 71.8 Å². The standard InChI is InChI=1S/C29H35N5O.C25H27N3O3.C8H18N2/c1-31(2)21-23-8-6-13-32(22-23)14-7-15-33-16-11-26(19-29(33)35)25-12-17-34-27(20-30-28(34)18-25)24-9-4-3-5-10-24;1-3-30-25(31-4-2)12-14-27-13-10-21(17-24(27)29)20-11-15-28-22(18-26-23(28)16-20)19-8-6-5-7-9-19;1-10(2)7-8-4-3-5-9-6-8/h3-5,9-12,16-20,23H,6-8,13-15,21-22H2,1-2H3;5-11,13,15-18,25H,3-4,12,14H2,1-2H3;8-9H,3-7H2,1-2H3. The summed E-state index contributed by atoms with van der Waals surface area (Å²) in [5.41, 5.74) is 9.85. The van der Waals surface area contributed by atoms with E-state index in [1.54, 1.807) is 16.7 Å². The van der Waals surface area contributed by atoms with E-state index in [0.717, 1.165) is 94.0 Å². The minimum absolute atomic E-state index is 0.0440. The van der Waals surface area contributed by atoms with Crippen LogP contribution < -0.4 is 16.4 Å². The second kappa shape index (κ2) is 28.0. The van der Waals surface area contributed by atoms with Crippen molar-refractivity contribution in [3.8, 4) is 44.8 Å². The Bertz CT molecular complexity index is 3130. The number of hydrogen-bond acceptors (Lipinski definition) is 10. The topological polar surface area (TPSA) is 119 Å². The predicted molar refractivity (Wildman–Crippen MR) is 309 cm³/mol. The summed E-state index contributed by atoms with van der Waals surface area (Å²) in [4.78, 5) is 41.8. The van der Waals surface area contributed by atoms with Gasteiger partial charge in [-0.1, -0.05) is 60.7 Å². The zero-order valence-electron chi connectivity index (χ0n) is 45.8. The van der Waals surface area contributed by atoms with Gasteiger partial charge in [0.15, 0.2) is 6.29 Å². The molecular formula is C62H80N10O4. The highest BCUT2D eigenvalue weighted by atomic mass is 16.7. The summed E-state index contributed by atoms with van der Waals surface area (Å²) in [6.07, 6.45) is 18.3. The molecule has 0 bridgehead atoms. The Morgan fingerprint density at radius 1 is 0.592 bits per heavy atom. The fourth-order valence-corrected chi connectivity index (χ4v) is 10.6. The summed E-state index contributed by atoms with van der Waals surface area (Å²) < 4.78 is 18.8. The Kier molecular flexibility index (Phi) is 20.5. The molecule has 0 aliphatic carbocycles. The molecule has 2 aromatic carbocycles. The molecule has 0 spiro atoms. The van der Waals surface area contributed by atoms with Crippen LogP contribution in [-0.4, -0.2) is 136 Å². The molecular weight excluding hydrogens is 949 g/mol. The molecule has 14 heteroatoms. The number of fused-ring (bicyclic) bond motifs is 2. The second-order valence-corrected chi connectivity index (χ2v) is 20.7. The molecule has 2 aliphatic heterocycles. The Hall–Kier alpha value is -6.52. The normalized spacial score (nSPS) is 16.0. The van der Waals surface area contributed by atoms with Gasteiger partial charge in [-0.2, -0.15) is 0 Å². The van der Waals surface area contributed by atoms with Crippen molar-refractivity contribution in [1.82, 2.24) is 47.9 Å². The molecule has 8 heterocycles. The lowest BCUT2D eigenvalue weighted by molar-refractivity contribution is -0.141. The fourth-order valence-electron chi connectivity index (χ4n) is 10.6. The molecule has 0 radical (unpaired) electrons. The first-order valence-electron chi connectivity index (χ1n) is 27.5. The molecule has 1 N–H and O–H groups in total. The average Bonchev–Trinajstić information content (AvgIpc) is 4.07. The van der Waals surface area contributed by atoms with E-state index in [1.165, 1.54) is 58.4 Å². The number of piperidine rings is 2. The van der Waals surface area contributed by atoms with Gasteiger partial charge in [0.05, 0.1) is 23.8 Å². The zero-order chi connectivity index (χ0) is 53.2. The maximum atomic E-state index is 12.8. The van der Waals surface area contributed by atoms with Crippen LogP contribution in [0.1, 0.15) is 52.4 Å². The van der Waals surface area contributed by atoms with Gasteiger partial charge in [0, 0.05) is 100 Å². The fraction of sp³-hybridized carbons (Fsp3) is 0.419. The maximum absolute atomic E-state index is 12.8. The zero-order valence-corrected chi connectivity index (χ0v) is 45.8. The molecule has 2 aliphatic rings. The van der Waals surface area contributed by atoms with Gasteiger partial charge in [0.25, 0.3) is 11.1 Å². The van der Waals surface area contributed by atoms with Gasteiger partial charge < -0.3 is 38.6 Å². The average molecular weight is 1030 g/mol. The van der Waals surface area contributed by atoms with E-state index in [2.05, 4.69) is 97.3 Å². The summed E-state index contributed by atoms with van der Waals surface area (Å²) in [6.45, 7) is 14.6. The predicted octanol–water partition coefficient (Wildman–Crippen LogP) is 9.66. The molecule has 2 atom stereocenters. The van der Waals surface area contributed by atoms with Crippen molar-refractivity contribution in [3.63, 3.8) is 0 Å². The van der Waals surface area contributed by atoms with Crippen LogP contribution in [0.15, 0.2) is 156 Å². The Balaban J connectivity index is 0.000000171. The van der Waals surface area contributed by atoms with E-state index in [9.17, 15) is 9.59 Å². The largest absolute Gasteiger partial charge is 0.353 e. The van der Waals surface area contributed by atoms with E-state index >= 15 is 0 Å². The van der Waals surface area contributed by atoms with E-state index in [0.29, 0.717) is 26.2 Å². The Labute approximate surface area is 449 Å². The number of hydrogen-bond donors (Lipinski definition) is 1. The van der Waals surface area contributed by atoms with Crippen LogP contribution in [0, 0.1) is 11.8 Å². The number of benzene rings is 2. The minimum atomic E-state index is -0.289. The monoisotopic (exact) mass is 1030 g/mol. The van der Waals surface area contributed by atoms with Gasteiger partial charge >= 0.3 is 0 Å². The quantitative estimate of drug-likeness (QED) is 0.0785. The van der Waals surface area contributed by atoms with Crippen LogP contribution in [0.3, 0.4) is 0 Å². The highest BCUT2D eigenvalue weighted by Gasteiger charge is 2.20. The molecule has 2 fully saturated rings. The Morgan fingerprint density at radius 2 is 1.09 bits per heavy atom. The van der Waals surface area contributed by atoms with Gasteiger partial charge in [-0.25, -0.2) is 9.97 Å². The SMILES string of the molecule is CCOC(CCn1ccc(-c2ccn3c(-c4ccccc4)cnc3c2)cc1=O)OCC.CN(C)CC1CCCN(CCCn2ccc(-c3ccn4c(-c5ccccc5)cnc4c3)cc2=O)C1.CN(C)CC1CCCNC1. The van der Waals surface area contributed by atoms with Gasteiger partial charge in [0.2, 0.25) is 0 Å². The number of rotatable bonds is 19. The van der Waals surface area contributed by atoms with Crippen LogP contribution >= 0.6 is 0 Å². The van der Waals surface area contributed by atoms with Gasteiger partial charge in [-0.05, 0) is 171 Å². The van der Waals surface area contributed by atoms with Crippen molar-refractivity contribution in [3.05, 3.63) is 167 Å². The minimum Gasteiger partial charge on any atom is -0.353 e. The Morgan fingerprint density at radius 3 is 1.59 bits per heavy atom. The molecule has 2 unspecified atom stereocenters. The third-order valence-electron chi connectivity index (χ3n) is 14.3. The summed E-state index contributed by atoms with van der Waals surface area (Å²) in [5.74, 6) is 1.65. The number of pyridine rings is 4. The molecule has 6 aromatic heterocycles. The lowest BCUT2D eigenvalue weighted by Gasteiger charge is -2.34. The molecule has 2 saturated heterocycles. The molecule has 402 valence electrons.